The molecule has 0 radical (unpaired) electrons. The molecule has 0 N–H and O–H groups in total. The predicted octanol–water partition coefficient (Wildman–Crippen LogP) is -3.86. The van der Waals surface area contributed by atoms with Gasteiger partial charge in [-0.25, -0.2) is 0 Å². The minimum absolute atomic E-state index is 0. The van der Waals surface area contributed by atoms with E-state index in [1.165, 1.54) is 26.0 Å². The first-order valence-electron chi connectivity index (χ1n) is 7.20. The van der Waals surface area contributed by atoms with E-state index in [0.29, 0.717) is 5.57 Å². The number of hydrogen-bond donors (Lipinski definition) is 0. The third-order valence-electron chi connectivity index (χ3n) is 4.25. The number of imide groups is 1. The molecule has 122 valence electrons. The molecule has 2 unspecified atom stereocenters. The fourth-order valence-electron chi connectivity index (χ4n) is 3.12. The van der Waals surface area contributed by atoms with Crippen LogP contribution in [0.1, 0.15) is 33.1 Å². The van der Waals surface area contributed by atoms with Crippen molar-refractivity contribution < 1.29 is 140 Å². The van der Waals surface area contributed by atoms with Gasteiger partial charge in [0.2, 0.25) is 5.97 Å². The molecule has 0 aromatic carbocycles. The SMILES string of the molecule is C[N-]C(=O)N1C(=O)/C(=C(/C)OC(=O)[C-](C)OC)C2CCCC21.[Rb+].[Rb+]. The molecule has 0 spiro atoms. The van der Waals surface area contributed by atoms with Gasteiger partial charge in [0.1, 0.15) is 5.76 Å². The molecule has 1 saturated heterocycles. The third-order valence-corrected chi connectivity index (χ3v) is 4.25. The number of amides is 3. The predicted molar refractivity (Wildman–Crippen MR) is 77.4 cm³/mol. The van der Waals surface area contributed by atoms with Gasteiger partial charge in [0, 0.05) is 12.7 Å². The summed E-state index contributed by atoms with van der Waals surface area (Å²) in [5.74, 6) is -0.908. The molecule has 1 heterocycles. The molecule has 1 aliphatic heterocycles. The summed E-state index contributed by atoms with van der Waals surface area (Å²) in [6, 6.07) is -0.726. The van der Waals surface area contributed by atoms with Gasteiger partial charge < -0.3 is 19.7 Å². The van der Waals surface area contributed by atoms with Gasteiger partial charge in [0.05, 0.1) is 0 Å². The summed E-state index contributed by atoms with van der Waals surface area (Å²) in [5.41, 5.74) is 0.400. The first kappa shape index (κ1) is 25.6. The Morgan fingerprint density at radius 1 is 1.29 bits per heavy atom. The standard InChI is InChI=1S/C15H21N2O5.2Rb/c1-8(22-14(19)9(2)21-4)12-10-6-5-7-11(10)17(13(12)18)15(20)16-3;;/h10-11H,5-7H2,1-4H3,(H,16,20);;/q-1;2*+1/p-1/b12-8-;;. The normalized spacial score (nSPS) is 23.7. The maximum atomic E-state index is 12.5. The molecule has 0 aromatic rings. The minimum atomic E-state index is -0.639. The summed E-state index contributed by atoms with van der Waals surface area (Å²) in [5, 5.41) is 3.59. The van der Waals surface area contributed by atoms with E-state index < -0.39 is 17.9 Å². The van der Waals surface area contributed by atoms with Crippen LogP contribution < -0.4 is 116 Å². The van der Waals surface area contributed by atoms with E-state index >= 15 is 0 Å². The monoisotopic (exact) mass is 478 g/mol. The van der Waals surface area contributed by atoms with E-state index in [2.05, 4.69) is 5.32 Å². The Hall–Kier alpha value is 1.59. The molecule has 2 rings (SSSR count). The van der Waals surface area contributed by atoms with Crippen molar-refractivity contribution in [3.05, 3.63) is 22.8 Å². The summed E-state index contributed by atoms with van der Waals surface area (Å²) in [4.78, 5) is 37.4. The number of carbonyl (C=O) groups is 3. The number of rotatable bonds is 3. The number of allylic oxidation sites excluding steroid dienone is 1. The molecule has 2 fully saturated rings. The van der Waals surface area contributed by atoms with Gasteiger partial charge in [-0.05, 0) is 31.7 Å². The number of hydrogen-bond acceptors (Lipinski definition) is 5. The zero-order valence-corrected chi connectivity index (χ0v) is 25.0. The Morgan fingerprint density at radius 2 is 1.92 bits per heavy atom. The van der Waals surface area contributed by atoms with Crippen molar-refractivity contribution in [1.82, 2.24) is 4.90 Å². The van der Waals surface area contributed by atoms with Crippen LogP contribution in [0.2, 0.25) is 0 Å². The largest absolute Gasteiger partial charge is 1.00 e. The topological polar surface area (TPSA) is 87.0 Å². The second kappa shape index (κ2) is 11.4. The fraction of sp³-hybridized carbons (Fsp3) is 0.600. The first-order valence-corrected chi connectivity index (χ1v) is 7.20. The van der Waals surface area contributed by atoms with Gasteiger partial charge in [0.25, 0.3) is 0 Å². The maximum Gasteiger partial charge on any atom is 1.00 e. The van der Waals surface area contributed by atoms with E-state index in [-0.39, 0.29) is 140 Å². The van der Waals surface area contributed by atoms with Crippen LogP contribution in [0.4, 0.5) is 4.79 Å². The van der Waals surface area contributed by atoms with Crippen molar-refractivity contribution in [3.8, 4) is 0 Å². The van der Waals surface area contributed by atoms with E-state index in [9.17, 15) is 14.4 Å². The smallest absolute Gasteiger partial charge is 0.522 e. The van der Waals surface area contributed by atoms with Crippen LogP contribution in [0, 0.1) is 12.0 Å². The molecule has 0 aromatic heterocycles. The van der Waals surface area contributed by atoms with Crippen LogP contribution in [0.3, 0.4) is 0 Å². The Kier molecular flexibility index (Phi) is 12.2. The second-order valence-corrected chi connectivity index (χ2v) is 5.41. The van der Waals surface area contributed by atoms with Crippen molar-refractivity contribution in [2.24, 2.45) is 5.92 Å². The van der Waals surface area contributed by atoms with E-state index in [4.69, 9.17) is 9.47 Å². The summed E-state index contributed by atoms with van der Waals surface area (Å²) >= 11 is 0. The van der Waals surface area contributed by atoms with Crippen LogP contribution in [0.5, 0.6) is 0 Å². The Balaban J connectivity index is 0.00000264. The zero-order valence-electron chi connectivity index (χ0n) is 15.2. The number of methoxy groups -OCH3 is 1. The Morgan fingerprint density at radius 3 is 2.46 bits per heavy atom. The summed E-state index contributed by atoms with van der Waals surface area (Å²) < 4.78 is 10.0. The van der Waals surface area contributed by atoms with Crippen LogP contribution in [-0.2, 0) is 19.1 Å². The summed E-state index contributed by atoms with van der Waals surface area (Å²) in [7, 11) is 2.74. The molecule has 2 aliphatic rings. The van der Waals surface area contributed by atoms with Crippen LogP contribution in [0.15, 0.2) is 11.3 Å². The first-order chi connectivity index (χ1) is 10.4. The quantitative estimate of drug-likeness (QED) is 0.179. The van der Waals surface area contributed by atoms with Crippen LogP contribution >= 0.6 is 0 Å². The molecular formula is C15H20N2O5Rb2. The van der Waals surface area contributed by atoms with Crippen molar-refractivity contribution >= 4 is 17.9 Å². The maximum absolute atomic E-state index is 12.5. The molecule has 1 aliphatic carbocycles. The van der Waals surface area contributed by atoms with Gasteiger partial charge in [-0.1, -0.05) is 13.5 Å². The Labute approximate surface area is 240 Å². The number of nitrogens with zero attached hydrogens (tertiary/aromatic N) is 2. The van der Waals surface area contributed by atoms with E-state index in [0.717, 1.165) is 19.3 Å². The number of likely N-dealkylation sites (tertiary alicyclic amines) is 1. The summed E-state index contributed by atoms with van der Waals surface area (Å²) in [6.45, 7) is 3.06. The minimum Gasteiger partial charge on any atom is -0.522 e. The van der Waals surface area contributed by atoms with Crippen molar-refractivity contribution in [3.63, 3.8) is 0 Å². The van der Waals surface area contributed by atoms with Gasteiger partial charge in [-0.15, -0.1) is 6.92 Å². The number of fused-ring (bicyclic) bond motifs is 1. The number of urea groups is 1. The van der Waals surface area contributed by atoms with Gasteiger partial charge >= 0.3 is 116 Å². The van der Waals surface area contributed by atoms with Crippen molar-refractivity contribution in [2.75, 3.05) is 14.2 Å². The van der Waals surface area contributed by atoms with Gasteiger partial charge in [-0.3, -0.25) is 14.4 Å². The number of esters is 1. The fourth-order valence-corrected chi connectivity index (χ4v) is 3.12. The average molecular weight is 479 g/mol. The molecule has 7 nitrogen and oxygen atoms in total. The van der Waals surface area contributed by atoms with Crippen molar-refractivity contribution in [1.29, 1.82) is 0 Å². The molecule has 1 saturated carbocycles. The summed E-state index contributed by atoms with van der Waals surface area (Å²) in [6.07, 6.45) is 2.57. The van der Waals surface area contributed by atoms with Crippen LogP contribution in [0.25, 0.3) is 5.32 Å². The molecule has 24 heavy (non-hydrogen) atoms. The molecule has 9 heteroatoms. The zero-order chi connectivity index (χ0) is 16.4. The third kappa shape index (κ3) is 5.32. The second-order valence-electron chi connectivity index (χ2n) is 5.41. The van der Waals surface area contributed by atoms with Crippen LogP contribution in [-0.4, -0.2) is 43.0 Å². The van der Waals surface area contributed by atoms with E-state index in [1.807, 2.05) is 0 Å². The number of ether oxygens (including phenoxy) is 2. The number of carbonyl (C=O) groups excluding carboxylic acids is 3. The van der Waals surface area contributed by atoms with Gasteiger partial charge in [0.15, 0.2) is 11.9 Å². The molecule has 3 amide bonds. The Bertz CT molecular complexity index is 538. The van der Waals surface area contributed by atoms with Gasteiger partial charge in [-0.2, -0.15) is 6.10 Å². The molecular weight excluding hydrogens is 459 g/mol. The van der Waals surface area contributed by atoms with E-state index in [1.54, 1.807) is 6.92 Å². The average Bonchev–Trinajstić information content (AvgIpc) is 3.04. The van der Waals surface area contributed by atoms with Crippen molar-refractivity contribution in [2.45, 2.75) is 39.2 Å². The molecule has 0 bridgehead atoms. The molecule has 2 atom stereocenters.